The monoisotopic (exact) mass is 424 g/mol. The Labute approximate surface area is 179 Å². The Kier molecular flexibility index (Phi) is 5.67. The fourth-order valence-electron chi connectivity index (χ4n) is 3.17. The average Bonchev–Trinajstić information content (AvgIpc) is 3.10. The van der Waals surface area contributed by atoms with Crippen molar-refractivity contribution in [1.29, 1.82) is 0 Å². The van der Waals surface area contributed by atoms with Gasteiger partial charge in [-0.1, -0.05) is 36.0 Å². The molecule has 30 heavy (non-hydrogen) atoms. The van der Waals surface area contributed by atoms with E-state index >= 15 is 0 Å². The SMILES string of the molecule is Cc1ccc(C)c(NC(=O)C(C)Sc2nnc(C3COc4ccccc4O3)n2C)c1. The molecule has 7 nitrogen and oxygen atoms in total. The smallest absolute Gasteiger partial charge is 0.237 e. The molecule has 1 aliphatic rings. The van der Waals surface area contributed by atoms with Crippen molar-refractivity contribution in [2.24, 2.45) is 7.05 Å². The number of thioether (sulfide) groups is 1. The Morgan fingerprint density at radius 2 is 1.97 bits per heavy atom. The van der Waals surface area contributed by atoms with Crippen LogP contribution in [0, 0.1) is 13.8 Å². The third-order valence-corrected chi connectivity index (χ3v) is 6.10. The summed E-state index contributed by atoms with van der Waals surface area (Å²) in [5, 5.41) is 11.9. The number of rotatable bonds is 5. The summed E-state index contributed by atoms with van der Waals surface area (Å²) in [6, 6.07) is 13.6. The van der Waals surface area contributed by atoms with Gasteiger partial charge in [0.1, 0.15) is 6.61 Å². The molecule has 2 unspecified atom stereocenters. The topological polar surface area (TPSA) is 78.3 Å². The van der Waals surface area contributed by atoms with E-state index in [1.54, 1.807) is 0 Å². The Hall–Kier alpha value is -3.00. The van der Waals surface area contributed by atoms with Crippen LogP contribution in [-0.4, -0.2) is 32.5 Å². The lowest BCUT2D eigenvalue weighted by Crippen LogP contribution is -2.25. The Bertz CT molecular complexity index is 1080. The molecule has 2 atom stereocenters. The standard InChI is InChI=1S/C22H24N4O3S/c1-13-9-10-14(2)16(11-13)23-21(27)15(3)30-22-25-24-20(26(22)4)19-12-28-17-7-5-6-8-18(17)29-19/h5-11,15,19H,12H2,1-4H3,(H,23,27). The highest BCUT2D eigenvalue weighted by atomic mass is 32.2. The summed E-state index contributed by atoms with van der Waals surface area (Å²) in [5.74, 6) is 1.99. The molecule has 3 aromatic rings. The van der Waals surface area contributed by atoms with Crippen molar-refractivity contribution in [3.05, 3.63) is 59.4 Å². The Morgan fingerprint density at radius 1 is 1.20 bits per heavy atom. The van der Waals surface area contributed by atoms with E-state index in [1.807, 2.05) is 74.9 Å². The van der Waals surface area contributed by atoms with E-state index in [-0.39, 0.29) is 17.3 Å². The Morgan fingerprint density at radius 3 is 2.77 bits per heavy atom. The van der Waals surface area contributed by atoms with Crippen LogP contribution in [0.5, 0.6) is 11.5 Å². The van der Waals surface area contributed by atoms with E-state index in [0.29, 0.717) is 23.3 Å². The van der Waals surface area contributed by atoms with Crippen molar-refractivity contribution in [2.45, 2.75) is 37.3 Å². The average molecular weight is 425 g/mol. The summed E-state index contributed by atoms with van der Waals surface area (Å²) in [5.41, 5.74) is 2.96. The summed E-state index contributed by atoms with van der Waals surface area (Å²) in [6.45, 7) is 6.20. The summed E-state index contributed by atoms with van der Waals surface area (Å²) >= 11 is 1.36. The summed E-state index contributed by atoms with van der Waals surface area (Å²) in [6.07, 6.45) is -0.356. The Balaban J connectivity index is 1.44. The number of hydrogen-bond acceptors (Lipinski definition) is 6. The first kappa shape index (κ1) is 20.3. The number of benzene rings is 2. The fourth-order valence-corrected chi connectivity index (χ4v) is 3.99. The first-order valence-electron chi connectivity index (χ1n) is 9.75. The van der Waals surface area contributed by atoms with Gasteiger partial charge in [0.25, 0.3) is 0 Å². The summed E-state index contributed by atoms with van der Waals surface area (Å²) < 4.78 is 13.7. The number of ether oxygens (including phenoxy) is 2. The zero-order valence-corrected chi connectivity index (χ0v) is 18.2. The zero-order valence-electron chi connectivity index (χ0n) is 17.4. The van der Waals surface area contributed by atoms with Gasteiger partial charge < -0.3 is 19.4 Å². The van der Waals surface area contributed by atoms with Gasteiger partial charge in [0.15, 0.2) is 28.6 Å². The predicted octanol–water partition coefficient (Wildman–Crippen LogP) is 4.06. The maximum atomic E-state index is 12.7. The van der Waals surface area contributed by atoms with Crippen LogP contribution in [0.25, 0.3) is 0 Å². The first-order valence-corrected chi connectivity index (χ1v) is 10.6. The van der Waals surface area contributed by atoms with Crippen molar-refractivity contribution in [2.75, 3.05) is 11.9 Å². The minimum atomic E-state index is -0.356. The molecule has 0 radical (unpaired) electrons. The van der Waals surface area contributed by atoms with Gasteiger partial charge in [-0.2, -0.15) is 0 Å². The lowest BCUT2D eigenvalue weighted by atomic mass is 10.1. The van der Waals surface area contributed by atoms with Crippen LogP contribution in [0.4, 0.5) is 5.69 Å². The molecule has 1 aromatic heterocycles. The van der Waals surface area contributed by atoms with Gasteiger partial charge in [0.05, 0.1) is 5.25 Å². The van der Waals surface area contributed by atoms with Crippen molar-refractivity contribution in [3.8, 4) is 11.5 Å². The molecule has 4 rings (SSSR count). The predicted molar refractivity (Wildman–Crippen MR) is 116 cm³/mol. The number of hydrogen-bond donors (Lipinski definition) is 1. The van der Waals surface area contributed by atoms with E-state index in [4.69, 9.17) is 9.47 Å². The maximum absolute atomic E-state index is 12.7. The molecule has 0 saturated heterocycles. The minimum Gasteiger partial charge on any atom is -0.485 e. The van der Waals surface area contributed by atoms with Crippen LogP contribution in [0.2, 0.25) is 0 Å². The second-order valence-corrected chi connectivity index (χ2v) is 8.64. The lowest BCUT2D eigenvalue weighted by Gasteiger charge is -2.25. The number of carbonyl (C=O) groups excluding carboxylic acids is 1. The molecular weight excluding hydrogens is 400 g/mol. The molecule has 0 aliphatic carbocycles. The molecule has 0 spiro atoms. The highest BCUT2D eigenvalue weighted by Gasteiger charge is 2.28. The van der Waals surface area contributed by atoms with E-state index in [2.05, 4.69) is 15.5 Å². The van der Waals surface area contributed by atoms with Crippen LogP contribution >= 0.6 is 11.8 Å². The lowest BCUT2D eigenvalue weighted by molar-refractivity contribution is -0.115. The van der Waals surface area contributed by atoms with Crippen molar-refractivity contribution in [1.82, 2.24) is 14.8 Å². The third kappa shape index (κ3) is 4.14. The number of nitrogens with one attached hydrogen (secondary N) is 1. The summed E-state index contributed by atoms with van der Waals surface area (Å²) in [7, 11) is 1.87. The van der Waals surface area contributed by atoms with Crippen LogP contribution in [0.15, 0.2) is 47.6 Å². The van der Waals surface area contributed by atoms with Gasteiger partial charge in [-0.05, 0) is 50.1 Å². The molecule has 0 saturated carbocycles. The molecule has 0 fully saturated rings. The molecule has 0 bridgehead atoms. The van der Waals surface area contributed by atoms with Crippen molar-refractivity contribution >= 4 is 23.4 Å². The van der Waals surface area contributed by atoms with Gasteiger partial charge in [-0.15, -0.1) is 10.2 Å². The third-order valence-electron chi connectivity index (χ3n) is 4.97. The van der Waals surface area contributed by atoms with Crippen LogP contribution in [0.3, 0.4) is 0 Å². The molecule has 1 aliphatic heterocycles. The van der Waals surface area contributed by atoms with E-state index < -0.39 is 0 Å². The zero-order chi connectivity index (χ0) is 21.3. The van der Waals surface area contributed by atoms with Gasteiger partial charge in [0, 0.05) is 12.7 Å². The number of amides is 1. The van der Waals surface area contributed by atoms with Crippen LogP contribution < -0.4 is 14.8 Å². The number of para-hydroxylation sites is 2. The number of aryl methyl sites for hydroxylation is 2. The molecule has 8 heteroatoms. The molecule has 2 aromatic carbocycles. The second kappa shape index (κ2) is 8.39. The number of aromatic nitrogens is 3. The van der Waals surface area contributed by atoms with E-state index in [9.17, 15) is 4.79 Å². The van der Waals surface area contributed by atoms with E-state index in [1.165, 1.54) is 11.8 Å². The second-order valence-electron chi connectivity index (χ2n) is 7.33. The summed E-state index contributed by atoms with van der Waals surface area (Å²) in [4.78, 5) is 12.7. The number of anilines is 1. The molecular formula is C22H24N4O3S. The minimum absolute atomic E-state index is 0.0792. The van der Waals surface area contributed by atoms with Gasteiger partial charge in [-0.3, -0.25) is 4.79 Å². The fraction of sp³-hybridized carbons (Fsp3) is 0.318. The highest BCUT2D eigenvalue weighted by molar-refractivity contribution is 8.00. The quantitative estimate of drug-likeness (QED) is 0.622. The van der Waals surface area contributed by atoms with Crippen LogP contribution in [0.1, 0.15) is 30.0 Å². The van der Waals surface area contributed by atoms with Crippen molar-refractivity contribution < 1.29 is 14.3 Å². The molecule has 1 N–H and O–H groups in total. The van der Waals surface area contributed by atoms with Crippen LogP contribution in [-0.2, 0) is 11.8 Å². The highest BCUT2D eigenvalue weighted by Crippen LogP contribution is 2.36. The number of carbonyl (C=O) groups is 1. The van der Waals surface area contributed by atoms with E-state index in [0.717, 1.165) is 22.6 Å². The normalized spacial score (nSPS) is 16.2. The van der Waals surface area contributed by atoms with Crippen molar-refractivity contribution in [3.63, 3.8) is 0 Å². The first-order chi connectivity index (χ1) is 14.4. The molecule has 156 valence electrons. The van der Waals surface area contributed by atoms with Gasteiger partial charge in [-0.25, -0.2) is 0 Å². The maximum Gasteiger partial charge on any atom is 0.237 e. The van der Waals surface area contributed by atoms with Gasteiger partial charge in [0.2, 0.25) is 5.91 Å². The number of fused-ring (bicyclic) bond motifs is 1. The molecule has 2 heterocycles. The number of nitrogens with zero attached hydrogens (tertiary/aromatic N) is 3. The largest absolute Gasteiger partial charge is 0.485 e. The van der Waals surface area contributed by atoms with Gasteiger partial charge >= 0.3 is 0 Å². The molecule has 1 amide bonds.